The molecule has 6 nitrogen and oxygen atoms in total. The van der Waals surface area contributed by atoms with Crippen molar-refractivity contribution in [2.75, 3.05) is 0 Å². The van der Waals surface area contributed by atoms with Gasteiger partial charge in [-0.1, -0.05) is 6.07 Å². The highest BCUT2D eigenvalue weighted by Crippen LogP contribution is 2.17. The predicted octanol–water partition coefficient (Wildman–Crippen LogP) is 2.34. The van der Waals surface area contributed by atoms with E-state index in [1.54, 1.807) is 18.3 Å². The van der Waals surface area contributed by atoms with Gasteiger partial charge in [0.15, 0.2) is 0 Å². The lowest BCUT2D eigenvalue weighted by atomic mass is 10.1. The normalized spacial score (nSPS) is 11.6. The first-order valence-corrected chi connectivity index (χ1v) is 5.98. The quantitative estimate of drug-likeness (QED) is 0.663. The minimum absolute atomic E-state index is 0.00941. The van der Waals surface area contributed by atoms with Gasteiger partial charge >= 0.3 is 0 Å². The maximum atomic E-state index is 10.6. The van der Waals surface area contributed by atoms with Crippen molar-refractivity contribution in [3.8, 4) is 6.07 Å². The van der Waals surface area contributed by atoms with Crippen molar-refractivity contribution in [1.29, 1.82) is 5.26 Å². The number of non-ortho nitro benzene ring substituents is 1. The fourth-order valence-electron chi connectivity index (χ4n) is 1.74. The Morgan fingerprint density at radius 2 is 2.05 bits per heavy atom. The zero-order valence-electron chi connectivity index (χ0n) is 10.6. The third-order valence-electron chi connectivity index (χ3n) is 2.78. The van der Waals surface area contributed by atoms with Crippen LogP contribution in [0.25, 0.3) is 0 Å². The molecule has 0 aliphatic heterocycles. The van der Waals surface area contributed by atoms with Crippen LogP contribution in [-0.2, 0) is 6.54 Å². The van der Waals surface area contributed by atoms with Crippen molar-refractivity contribution < 1.29 is 4.92 Å². The molecule has 0 saturated heterocycles. The Labute approximate surface area is 115 Å². The fourth-order valence-corrected chi connectivity index (χ4v) is 1.74. The van der Waals surface area contributed by atoms with Crippen LogP contribution in [0, 0.1) is 21.4 Å². The highest BCUT2D eigenvalue weighted by Gasteiger charge is 2.12. The minimum atomic E-state index is -0.530. The number of hydrogen-bond acceptors (Lipinski definition) is 5. The van der Waals surface area contributed by atoms with E-state index in [-0.39, 0.29) is 5.69 Å². The molecule has 100 valence electrons. The highest BCUT2D eigenvalue weighted by molar-refractivity contribution is 5.35. The summed E-state index contributed by atoms with van der Waals surface area (Å²) < 4.78 is 0. The first-order valence-electron chi connectivity index (χ1n) is 5.98. The Kier molecular flexibility index (Phi) is 4.37. The van der Waals surface area contributed by atoms with E-state index in [9.17, 15) is 10.1 Å². The highest BCUT2D eigenvalue weighted by atomic mass is 16.6. The third-order valence-corrected chi connectivity index (χ3v) is 2.78. The molecular formula is C14H12N4O2. The van der Waals surface area contributed by atoms with Gasteiger partial charge in [-0.25, -0.2) is 0 Å². The maximum absolute atomic E-state index is 10.6. The van der Waals surface area contributed by atoms with Gasteiger partial charge in [-0.3, -0.25) is 20.4 Å². The molecule has 0 saturated carbocycles. The number of benzene rings is 1. The molecule has 0 bridgehead atoms. The van der Waals surface area contributed by atoms with Crippen LogP contribution in [0.3, 0.4) is 0 Å². The molecular weight excluding hydrogens is 256 g/mol. The lowest BCUT2D eigenvalue weighted by Crippen LogP contribution is -2.20. The zero-order chi connectivity index (χ0) is 14.4. The number of hydrogen-bond donors (Lipinski definition) is 1. The van der Waals surface area contributed by atoms with Crippen LogP contribution in [0.15, 0.2) is 48.7 Å². The van der Waals surface area contributed by atoms with E-state index in [0.717, 1.165) is 5.69 Å². The summed E-state index contributed by atoms with van der Waals surface area (Å²) in [5, 5.41) is 22.8. The van der Waals surface area contributed by atoms with Crippen LogP contribution in [0.4, 0.5) is 5.69 Å². The van der Waals surface area contributed by atoms with Crippen LogP contribution in [0.2, 0.25) is 0 Å². The number of nitro benzene ring substituents is 1. The van der Waals surface area contributed by atoms with Gasteiger partial charge in [0.2, 0.25) is 0 Å². The first-order chi connectivity index (χ1) is 9.70. The number of pyridine rings is 1. The lowest BCUT2D eigenvalue weighted by Gasteiger charge is -2.11. The van der Waals surface area contributed by atoms with E-state index in [4.69, 9.17) is 5.26 Å². The van der Waals surface area contributed by atoms with Gasteiger partial charge in [-0.2, -0.15) is 5.26 Å². The molecule has 0 aliphatic carbocycles. The van der Waals surface area contributed by atoms with E-state index >= 15 is 0 Å². The summed E-state index contributed by atoms with van der Waals surface area (Å²) in [5.41, 5.74) is 1.53. The molecule has 2 rings (SSSR count). The third kappa shape index (κ3) is 3.37. The summed E-state index contributed by atoms with van der Waals surface area (Å²) in [6.07, 6.45) is 1.68. The largest absolute Gasteiger partial charge is 0.293 e. The molecule has 1 atom stereocenters. The van der Waals surface area contributed by atoms with Gasteiger partial charge in [0.25, 0.3) is 5.69 Å². The SMILES string of the molecule is N#CC(NCc1ccccn1)c1ccc([N+](=O)[O-])cc1. The van der Waals surface area contributed by atoms with E-state index in [1.165, 1.54) is 12.1 Å². The molecule has 1 unspecified atom stereocenters. The smallest absolute Gasteiger partial charge is 0.269 e. The van der Waals surface area contributed by atoms with Gasteiger partial charge in [0.05, 0.1) is 16.7 Å². The Balaban J connectivity index is 2.05. The molecule has 0 radical (unpaired) electrons. The van der Waals surface area contributed by atoms with Gasteiger partial charge in [-0.05, 0) is 29.8 Å². The molecule has 0 amide bonds. The first kappa shape index (κ1) is 13.6. The summed E-state index contributed by atoms with van der Waals surface area (Å²) in [6, 6.07) is 13.1. The topological polar surface area (TPSA) is 91.8 Å². The summed E-state index contributed by atoms with van der Waals surface area (Å²) in [6.45, 7) is 0.454. The second kappa shape index (κ2) is 6.41. The monoisotopic (exact) mass is 268 g/mol. The summed E-state index contributed by atoms with van der Waals surface area (Å²) in [5.74, 6) is 0. The Morgan fingerprint density at radius 3 is 2.60 bits per heavy atom. The van der Waals surface area contributed by atoms with Gasteiger partial charge < -0.3 is 0 Å². The maximum Gasteiger partial charge on any atom is 0.269 e. The summed E-state index contributed by atoms with van der Waals surface area (Å²) >= 11 is 0. The van der Waals surface area contributed by atoms with Crippen molar-refractivity contribution in [1.82, 2.24) is 10.3 Å². The van der Waals surface area contributed by atoms with Crippen LogP contribution < -0.4 is 5.32 Å². The number of nitriles is 1. The zero-order valence-corrected chi connectivity index (χ0v) is 10.6. The average Bonchev–Trinajstić information content (AvgIpc) is 2.49. The van der Waals surface area contributed by atoms with Crippen LogP contribution in [-0.4, -0.2) is 9.91 Å². The molecule has 1 aromatic carbocycles. The number of aromatic nitrogens is 1. The standard InChI is InChI=1S/C14H12N4O2/c15-9-14(17-10-12-3-1-2-8-16-12)11-4-6-13(7-5-11)18(19)20/h1-8,14,17H,10H2. The van der Waals surface area contributed by atoms with Crippen LogP contribution in [0.5, 0.6) is 0 Å². The second-order valence-electron chi connectivity index (χ2n) is 4.11. The molecule has 1 aromatic heterocycles. The molecule has 0 aliphatic rings. The van der Waals surface area contributed by atoms with E-state index in [0.29, 0.717) is 12.1 Å². The van der Waals surface area contributed by atoms with Gasteiger partial charge in [0, 0.05) is 24.9 Å². The predicted molar refractivity (Wildman–Crippen MR) is 72.5 cm³/mol. The molecule has 1 N–H and O–H groups in total. The van der Waals surface area contributed by atoms with Crippen molar-refractivity contribution in [2.45, 2.75) is 12.6 Å². The lowest BCUT2D eigenvalue weighted by molar-refractivity contribution is -0.384. The van der Waals surface area contributed by atoms with Gasteiger partial charge in [0.1, 0.15) is 6.04 Å². The Morgan fingerprint density at radius 1 is 1.30 bits per heavy atom. The number of rotatable bonds is 5. The number of nitrogens with one attached hydrogen (secondary N) is 1. The van der Waals surface area contributed by atoms with E-state index in [1.807, 2.05) is 18.2 Å². The minimum Gasteiger partial charge on any atom is -0.293 e. The van der Waals surface area contributed by atoms with E-state index in [2.05, 4.69) is 16.4 Å². The Hall–Kier alpha value is -2.78. The molecule has 6 heteroatoms. The van der Waals surface area contributed by atoms with Crippen LogP contribution >= 0.6 is 0 Å². The molecule has 0 fully saturated rings. The molecule has 2 aromatic rings. The summed E-state index contributed by atoms with van der Waals surface area (Å²) in [7, 11) is 0. The molecule has 0 spiro atoms. The van der Waals surface area contributed by atoms with E-state index < -0.39 is 11.0 Å². The van der Waals surface area contributed by atoms with Crippen LogP contribution in [0.1, 0.15) is 17.3 Å². The van der Waals surface area contributed by atoms with Crippen molar-refractivity contribution in [3.05, 3.63) is 70.0 Å². The second-order valence-corrected chi connectivity index (χ2v) is 4.11. The average molecular weight is 268 g/mol. The van der Waals surface area contributed by atoms with Crippen molar-refractivity contribution in [2.24, 2.45) is 0 Å². The molecule has 20 heavy (non-hydrogen) atoms. The molecule has 1 heterocycles. The Bertz CT molecular complexity index is 620. The van der Waals surface area contributed by atoms with Crippen molar-refractivity contribution >= 4 is 5.69 Å². The number of nitrogens with zero attached hydrogens (tertiary/aromatic N) is 3. The number of nitro groups is 1. The summed E-state index contributed by atoms with van der Waals surface area (Å²) in [4.78, 5) is 14.3. The van der Waals surface area contributed by atoms with Crippen molar-refractivity contribution in [3.63, 3.8) is 0 Å². The van der Waals surface area contributed by atoms with Gasteiger partial charge in [-0.15, -0.1) is 0 Å². The fraction of sp³-hybridized carbons (Fsp3) is 0.143.